The highest BCUT2D eigenvalue weighted by Gasteiger charge is 2.06. The standard InChI is InChI=1S/C14H9FNO/c1-2-4-11-6-7-13(15)14(9-11)17-12-5-3-8-16-10-12/h1,3-10H. The minimum absolute atomic E-state index is 0.127. The first-order chi connectivity index (χ1) is 8.29. The maximum Gasteiger partial charge on any atom is 0.165 e. The van der Waals surface area contributed by atoms with Crippen LogP contribution in [0.25, 0.3) is 0 Å². The van der Waals surface area contributed by atoms with Crippen LogP contribution >= 0.6 is 0 Å². The number of rotatable bonds is 3. The summed E-state index contributed by atoms with van der Waals surface area (Å²) < 4.78 is 18.9. The van der Waals surface area contributed by atoms with E-state index in [4.69, 9.17) is 11.2 Å². The van der Waals surface area contributed by atoms with Crippen LogP contribution in [-0.2, 0) is 0 Å². The van der Waals surface area contributed by atoms with Crippen molar-refractivity contribution in [2.75, 3.05) is 0 Å². The van der Waals surface area contributed by atoms with Gasteiger partial charge in [-0.3, -0.25) is 4.98 Å². The minimum atomic E-state index is -0.442. The Bertz CT molecular complexity index is 546. The van der Waals surface area contributed by atoms with E-state index < -0.39 is 5.82 Å². The van der Waals surface area contributed by atoms with Gasteiger partial charge in [0.15, 0.2) is 11.6 Å². The van der Waals surface area contributed by atoms with Gasteiger partial charge in [-0.15, -0.1) is 6.42 Å². The second-order valence-corrected chi connectivity index (χ2v) is 3.29. The van der Waals surface area contributed by atoms with Gasteiger partial charge in [-0.05, 0) is 29.8 Å². The molecule has 0 saturated carbocycles. The molecule has 0 fully saturated rings. The lowest BCUT2D eigenvalue weighted by atomic mass is 10.1. The number of hydrogen-bond acceptors (Lipinski definition) is 2. The van der Waals surface area contributed by atoms with Crippen molar-refractivity contribution in [1.29, 1.82) is 0 Å². The Balaban J connectivity index is 2.26. The lowest BCUT2D eigenvalue weighted by Gasteiger charge is -2.07. The molecule has 83 valence electrons. The van der Waals surface area contributed by atoms with Crippen molar-refractivity contribution in [3.8, 4) is 23.8 Å². The first-order valence-electron chi connectivity index (χ1n) is 4.96. The van der Waals surface area contributed by atoms with Crippen LogP contribution in [0.5, 0.6) is 11.5 Å². The minimum Gasteiger partial charge on any atom is -0.453 e. The molecule has 1 heterocycles. The van der Waals surface area contributed by atoms with Gasteiger partial charge in [0.25, 0.3) is 0 Å². The van der Waals surface area contributed by atoms with Gasteiger partial charge in [0.05, 0.1) is 12.6 Å². The molecule has 1 aromatic carbocycles. The second kappa shape index (κ2) is 5.13. The number of benzene rings is 1. The lowest BCUT2D eigenvalue weighted by Crippen LogP contribution is -1.90. The number of terminal acetylenes is 1. The van der Waals surface area contributed by atoms with Crippen LogP contribution in [-0.4, -0.2) is 4.98 Å². The van der Waals surface area contributed by atoms with Crippen molar-refractivity contribution in [1.82, 2.24) is 4.98 Å². The summed E-state index contributed by atoms with van der Waals surface area (Å²) >= 11 is 0. The Kier molecular flexibility index (Phi) is 3.37. The van der Waals surface area contributed by atoms with Crippen LogP contribution in [0.15, 0.2) is 42.7 Å². The van der Waals surface area contributed by atoms with Crippen LogP contribution < -0.4 is 4.74 Å². The fraction of sp³-hybridized carbons (Fsp3) is 0. The molecular weight excluding hydrogens is 217 g/mol. The smallest absolute Gasteiger partial charge is 0.165 e. The van der Waals surface area contributed by atoms with Crippen LogP contribution in [0.3, 0.4) is 0 Å². The van der Waals surface area contributed by atoms with Crippen molar-refractivity contribution in [3.63, 3.8) is 0 Å². The monoisotopic (exact) mass is 226 g/mol. The van der Waals surface area contributed by atoms with Crippen molar-refractivity contribution in [2.24, 2.45) is 0 Å². The molecule has 0 N–H and O–H groups in total. The fourth-order valence-corrected chi connectivity index (χ4v) is 1.32. The number of ether oxygens (including phenoxy) is 1. The van der Waals surface area contributed by atoms with E-state index in [1.165, 1.54) is 18.7 Å². The van der Waals surface area contributed by atoms with E-state index in [2.05, 4.69) is 10.9 Å². The van der Waals surface area contributed by atoms with E-state index in [1.54, 1.807) is 30.5 Å². The number of aromatic nitrogens is 1. The maximum atomic E-state index is 13.5. The predicted molar refractivity (Wildman–Crippen MR) is 62.9 cm³/mol. The van der Waals surface area contributed by atoms with Gasteiger partial charge in [0, 0.05) is 6.20 Å². The van der Waals surface area contributed by atoms with Gasteiger partial charge in [0.2, 0.25) is 0 Å². The zero-order valence-corrected chi connectivity index (χ0v) is 8.93. The quantitative estimate of drug-likeness (QED) is 0.750. The van der Waals surface area contributed by atoms with Crippen molar-refractivity contribution in [3.05, 3.63) is 60.5 Å². The highest BCUT2D eigenvalue weighted by Crippen LogP contribution is 2.25. The topological polar surface area (TPSA) is 22.1 Å². The van der Waals surface area contributed by atoms with Gasteiger partial charge in [0.1, 0.15) is 5.75 Å². The lowest BCUT2D eigenvalue weighted by molar-refractivity contribution is 0.440. The third-order valence-electron chi connectivity index (χ3n) is 2.07. The molecule has 0 spiro atoms. The molecule has 0 aliphatic heterocycles. The van der Waals surface area contributed by atoms with E-state index in [9.17, 15) is 4.39 Å². The Hall–Kier alpha value is -2.34. The van der Waals surface area contributed by atoms with Gasteiger partial charge >= 0.3 is 0 Å². The number of halogens is 1. The average molecular weight is 226 g/mol. The first kappa shape index (κ1) is 11.2. The molecule has 2 nitrogen and oxygen atoms in total. The summed E-state index contributed by atoms with van der Waals surface area (Å²) in [5.74, 6) is 2.54. The molecule has 17 heavy (non-hydrogen) atoms. The Morgan fingerprint density at radius 1 is 1.35 bits per heavy atom. The first-order valence-corrected chi connectivity index (χ1v) is 4.96. The van der Waals surface area contributed by atoms with Crippen molar-refractivity contribution >= 4 is 0 Å². The molecule has 0 aliphatic rings. The number of pyridine rings is 1. The summed E-state index contributed by atoms with van der Waals surface area (Å²) in [5.41, 5.74) is 0.716. The van der Waals surface area contributed by atoms with E-state index in [0.717, 1.165) is 0 Å². The van der Waals surface area contributed by atoms with E-state index in [1.807, 2.05) is 0 Å². The SMILES string of the molecule is C#C[CH]c1ccc(F)c(Oc2cccnc2)c1. The largest absolute Gasteiger partial charge is 0.453 e. The molecule has 0 saturated heterocycles. The predicted octanol–water partition coefficient (Wildman–Crippen LogP) is 3.20. The highest BCUT2D eigenvalue weighted by molar-refractivity contribution is 5.40. The molecule has 0 bridgehead atoms. The summed E-state index contributed by atoms with van der Waals surface area (Å²) in [6.07, 6.45) is 9.82. The molecule has 0 atom stereocenters. The maximum absolute atomic E-state index is 13.5. The van der Waals surface area contributed by atoms with Crippen molar-refractivity contribution in [2.45, 2.75) is 0 Å². The molecule has 0 amide bonds. The second-order valence-electron chi connectivity index (χ2n) is 3.29. The van der Waals surface area contributed by atoms with Gasteiger partial charge in [-0.1, -0.05) is 12.0 Å². The number of hydrogen-bond donors (Lipinski definition) is 0. The molecule has 0 aliphatic carbocycles. The van der Waals surface area contributed by atoms with Crippen LogP contribution in [0.4, 0.5) is 4.39 Å². The van der Waals surface area contributed by atoms with E-state index >= 15 is 0 Å². The third kappa shape index (κ3) is 2.82. The molecular formula is C14H9FNO. The highest BCUT2D eigenvalue weighted by atomic mass is 19.1. The van der Waals surface area contributed by atoms with Gasteiger partial charge < -0.3 is 4.74 Å². The Morgan fingerprint density at radius 2 is 2.24 bits per heavy atom. The zero-order valence-electron chi connectivity index (χ0n) is 8.93. The molecule has 2 aromatic rings. The average Bonchev–Trinajstić information content (AvgIpc) is 2.35. The summed E-state index contributed by atoms with van der Waals surface area (Å²) in [6.45, 7) is 0. The molecule has 2 rings (SSSR count). The summed E-state index contributed by atoms with van der Waals surface area (Å²) in [5, 5.41) is 0. The van der Waals surface area contributed by atoms with E-state index in [0.29, 0.717) is 11.3 Å². The Labute approximate surface area is 99.1 Å². The molecule has 1 aromatic heterocycles. The summed E-state index contributed by atoms with van der Waals surface area (Å²) in [6, 6.07) is 7.86. The number of nitrogens with zero attached hydrogens (tertiary/aromatic N) is 1. The van der Waals surface area contributed by atoms with E-state index in [-0.39, 0.29) is 5.75 Å². The van der Waals surface area contributed by atoms with Gasteiger partial charge in [-0.2, -0.15) is 0 Å². The Morgan fingerprint density at radius 3 is 2.94 bits per heavy atom. The normalized spacial score (nSPS) is 9.65. The third-order valence-corrected chi connectivity index (χ3v) is 2.07. The molecule has 3 heteroatoms. The fourth-order valence-electron chi connectivity index (χ4n) is 1.32. The summed E-state index contributed by atoms with van der Waals surface area (Å²) in [7, 11) is 0. The van der Waals surface area contributed by atoms with Crippen molar-refractivity contribution < 1.29 is 9.13 Å². The molecule has 0 unspecified atom stereocenters. The van der Waals surface area contributed by atoms with Crippen LogP contribution in [0, 0.1) is 24.6 Å². The zero-order chi connectivity index (χ0) is 12.1. The van der Waals surface area contributed by atoms with Gasteiger partial charge in [-0.25, -0.2) is 4.39 Å². The van der Waals surface area contributed by atoms with Crippen LogP contribution in [0.1, 0.15) is 5.56 Å². The molecule has 1 radical (unpaired) electrons. The summed E-state index contributed by atoms with van der Waals surface area (Å²) in [4.78, 5) is 3.88. The van der Waals surface area contributed by atoms with Crippen LogP contribution in [0.2, 0.25) is 0 Å².